The van der Waals surface area contributed by atoms with Crippen LogP contribution < -0.4 is 5.73 Å². The Kier molecular flexibility index (Phi) is 2.45. The first-order valence-electron chi connectivity index (χ1n) is 4.86. The third-order valence-electron chi connectivity index (χ3n) is 2.29. The monoisotopic (exact) mass is 190 g/mol. The van der Waals surface area contributed by atoms with Gasteiger partial charge in [0.15, 0.2) is 5.65 Å². The van der Waals surface area contributed by atoms with Gasteiger partial charge in [0.25, 0.3) is 0 Å². The predicted molar refractivity (Wildman–Crippen MR) is 55.7 cm³/mol. The lowest BCUT2D eigenvalue weighted by Crippen LogP contribution is -2.17. The highest BCUT2D eigenvalue weighted by molar-refractivity contribution is 5.70. The molecule has 14 heavy (non-hydrogen) atoms. The zero-order chi connectivity index (χ0) is 9.97. The van der Waals surface area contributed by atoms with Gasteiger partial charge in [0.2, 0.25) is 0 Å². The van der Waals surface area contributed by atoms with Crippen molar-refractivity contribution in [1.29, 1.82) is 0 Å². The van der Waals surface area contributed by atoms with E-state index in [1.807, 2.05) is 16.7 Å². The van der Waals surface area contributed by atoms with Gasteiger partial charge in [-0.25, -0.2) is 9.97 Å². The SMILES string of the molecule is CCCC(N)n1cnc2ncccc21. The van der Waals surface area contributed by atoms with Gasteiger partial charge in [-0.05, 0) is 18.6 Å². The van der Waals surface area contributed by atoms with Crippen molar-refractivity contribution in [2.24, 2.45) is 5.73 Å². The van der Waals surface area contributed by atoms with Crippen LogP contribution in [0, 0.1) is 0 Å². The molecule has 4 heteroatoms. The molecule has 0 saturated carbocycles. The Hall–Kier alpha value is -1.42. The molecule has 2 N–H and O–H groups in total. The molecular formula is C10H14N4. The third-order valence-corrected chi connectivity index (χ3v) is 2.29. The van der Waals surface area contributed by atoms with Gasteiger partial charge in [0.05, 0.1) is 18.0 Å². The zero-order valence-corrected chi connectivity index (χ0v) is 8.22. The quantitative estimate of drug-likeness (QED) is 0.801. The summed E-state index contributed by atoms with van der Waals surface area (Å²) in [5.41, 5.74) is 7.78. The van der Waals surface area contributed by atoms with Gasteiger partial charge in [-0.1, -0.05) is 13.3 Å². The first-order valence-corrected chi connectivity index (χ1v) is 4.86. The zero-order valence-electron chi connectivity index (χ0n) is 8.22. The summed E-state index contributed by atoms with van der Waals surface area (Å²) in [4.78, 5) is 8.35. The van der Waals surface area contributed by atoms with Gasteiger partial charge in [-0.15, -0.1) is 0 Å². The molecule has 0 amide bonds. The lowest BCUT2D eigenvalue weighted by Gasteiger charge is -2.12. The maximum Gasteiger partial charge on any atom is 0.177 e. The molecule has 0 bridgehead atoms. The van der Waals surface area contributed by atoms with Crippen molar-refractivity contribution in [3.8, 4) is 0 Å². The molecule has 0 aliphatic carbocycles. The van der Waals surface area contributed by atoms with Crippen LogP contribution >= 0.6 is 0 Å². The summed E-state index contributed by atoms with van der Waals surface area (Å²) in [5.74, 6) is 0. The molecule has 0 aliphatic rings. The minimum absolute atomic E-state index is 0.00852. The van der Waals surface area contributed by atoms with E-state index in [0.29, 0.717) is 0 Å². The average Bonchev–Trinajstić information content (AvgIpc) is 2.61. The molecule has 0 fully saturated rings. The minimum Gasteiger partial charge on any atom is -0.313 e. The summed E-state index contributed by atoms with van der Waals surface area (Å²) in [7, 11) is 0. The van der Waals surface area contributed by atoms with Gasteiger partial charge in [-0.3, -0.25) is 0 Å². The number of nitrogens with zero attached hydrogens (tertiary/aromatic N) is 3. The lowest BCUT2D eigenvalue weighted by atomic mass is 10.3. The highest BCUT2D eigenvalue weighted by Crippen LogP contribution is 2.15. The third kappa shape index (κ3) is 1.48. The van der Waals surface area contributed by atoms with E-state index in [4.69, 9.17) is 5.73 Å². The second-order valence-corrected chi connectivity index (χ2v) is 3.35. The fraction of sp³-hybridized carbons (Fsp3) is 0.400. The minimum atomic E-state index is 0.00852. The molecular weight excluding hydrogens is 176 g/mol. The van der Waals surface area contributed by atoms with Crippen LogP contribution in [0.4, 0.5) is 0 Å². The Morgan fingerprint density at radius 2 is 2.36 bits per heavy atom. The summed E-state index contributed by atoms with van der Waals surface area (Å²) >= 11 is 0. The van der Waals surface area contributed by atoms with Crippen molar-refractivity contribution in [3.63, 3.8) is 0 Å². The second kappa shape index (κ2) is 3.75. The van der Waals surface area contributed by atoms with E-state index in [9.17, 15) is 0 Å². The van der Waals surface area contributed by atoms with Crippen LogP contribution in [0.25, 0.3) is 11.2 Å². The Balaban J connectivity index is 2.42. The van der Waals surface area contributed by atoms with Crippen LogP contribution in [-0.2, 0) is 0 Å². The molecule has 2 heterocycles. The maximum atomic E-state index is 6.01. The Bertz CT molecular complexity index is 421. The van der Waals surface area contributed by atoms with E-state index in [1.54, 1.807) is 12.5 Å². The molecule has 1 atom stereocenters. The fourth-order valence-electron chi connectivity index (χ4n) is 1.57. The molecule has 0 radical (unpaired) electrons. The van der Waals surface area contributed by atoms with Crippen LogP contribution in [0.1, 0.15) is 25.9 Å². The van der Waals surface area contributed by atoms with E-state index >= 15 is 0 Å². The van der Waals surface area contributed by atoms with Crippen molar-refractivity contribution < 1.29 is 0 Å². The molecule has 2 aromatic heterocycles. The van der Waals surface area contributed by atoms with Gasteiger partial charge in [-0.2, -0.15) is 0 Å². The van der Waals surface area contributed by atoms with E-state index in [1.165, 1.54) is 0 Å². The summed E-state index contributed by atoms with van der Waals surface area (Å²) in [6.07, 6.45) is 5.54. The highest BCUT2D eigenvalue weighted by atomic mass is 15.2. The Labute approximate surface area is 82.8 Å². The van der Waals surface area contributed by atoms with Gasteiger partial charge in [0.1, 0.15) is 0 Å². The first-order chi connectivity index (χ1) is 6.83. The Morgan fingerprint density at radius 3 is 3.14 bits per heavy atom. The number of pyridine rings is 1. The summed E-state index contributed by atoms with van der Waals surface area (Å²) < 4.78 is 1.98. The van der Waals surface area contributed by atoms with Crippen LogP contribution in [0.5, 0.6) is 0 Å². The summed E-state index contributed by atoms with van der Waals surface area (Å²) in [6.45, 7) is 2.12. The molecule has 2 rings (SSSR count). The van der Waals surface area contributed by atoms with E-state index < -0.39 is 0 Å². The van der Waals surface area contributed by atoms with Gasteiger partial charge >= 0.3 is 0 Å². The standard InChI is InChI=1S/C10H14N4/c1-2-4-9(11)14-7-13-10-8(14)5-3-6-12-10/h3,5-7,9H,2,4,11H2,1H3. The summed E-state index contributed by atoms with van der Waals surface area (Å²) in [6, 6.07) is 3.89. The van der Waals surface area contributed by atoms with E-state index in [0.717, 1.165) is 24.0 Å². The molecule has 0 aliphatic heterocycles. The number of hydrogen-bond acceptors (Lipinski definition) is 3. The van der Waals surface area contributed by atoms with Crippen molar-refractivity contribution in [3.05, 3.63) is 24.7 Å². The normalized spacial score (nSPS) is 13.3. The van der Waals surface area contributed by atoms with Crippen molar-refractivity contribution in [2.75, 3.05) is 0 Å². The number of hydrogen-bond donors (Lipinski definition) is 1. The number of imidazole rings is 1. The smallest absolute Gasteiger partial charge is 0.177 e. The molecule has 4 nitrogen and oxygen atoms in total. The lowest BCUT2D eigenvalue weighted by molar-refractivity contribution is 0.489. The predicted octanol–water partition coefficient (Wildman–Crippen LogP) is 1.69. The number of rotatable bonds is 3. The largest absolute Gasteiger partial charge is 0.313 e. The number of aromatic nitrogens is 3. The van der Waals surface area contributed by atoms with E-state index in [2.05, 4.69) is 16.9 Å². The van der Waals surface area contributed by atoms with E-state index in [-0.39, 0.29) is 6.17 Å². The van der Waals surface area contributed by atoms with Crippen LogP contribution in [0.2, 0.25) is 0 Å². The van der Waals surface area contributed by atoms with Crippen LogP contribution in [0.3, 0.4) is 0 Å². The topological polar surface area (TPSA) is 56.7 Å². The number of fused-ring (bicyclic) bond motifs is 1. The fourth-order valence-corrected chi connectivity index (χ4v) is 1.57. The number of nitrogens with two attached hydrogens (primary N) is 1. The first kappa shape index (κ1) is 9.15. The maximum absolute atomic E-state index is 6.01. The van der Waals surface area contributed by atoms with Crippen molar-refractivity contribution >= 4 is 11.2 Å². The molecule has 2 aromatic rings. The Morgan fingerprint density at radius 1 is 1.50 bits per heavy atom. The second-order valence-electron chi connectivity index (χ2n) is 3.35. The molecule has 0 saturated heterocycles. The van der Waals surface area contributed by atoms with Gasteiger partial charge < -0.3 is 10.3 Å². The van der Waals surface area contributed by atoms with Crippen molar-refractivity contribution in [2.45, 2.75) is 25.9 Å². The average molecular weight is 190 g/mol. The van der Waals surface area contributed by atoms with Crippen molar-refractivity contribution in [1.82, 2.24) is 14.5 Å². The molecule has 1 unspecified atom stereocenters. The van der Waals surface area contributed by atoms with Gasteiger partial charge in [0, 0.05) is 6.20 Å². The molecule has 0 spiro atoms. The molecule has 0 aromatic carbocycles. The van der Waals surface area contributed by atoms with Crippen LogP contribution in [0.15, 0.2) is 24.7 Å². The summed E-state index contributed by atoms with van der Waals surface area (Å²) in [5, 5.41) is 0. The van der Waals surface area contributed by atoms with Crippen LogP contribution in [-0.4, -0.2) is 14.5 Å². The molecule has 74 valence electrons. The highest BCUT2D eigenvalue weighted by Gasteiger charge is 2.08.